The molecule has 2 heterocycles. The SMILES string of the molecule is CCCC[C@@H]1CCc2ccc(OCc3ccc4ccccc4n3)cc2[C@H]1OC(=O)CCCN1CCCCC1.Cl.Cl. The molecule has 1 aromatic heterocycles. The van der Waals surface area contributed by atoms with Crippen molar-refractivity contribution < 1.29 is 14.3 Å². The van der Waals surface area contributed by atoms with Crippen molar-refractivity contribution in [1.29, 1.82) is 0 Å². The summed E-state index contributed by atoms with van der Waals surface area (Å²) in [6.07, 6.45) is 10.6. The van der Waals surface area contributed by atoms with E-state index in [1.807, 2.05) is 30.3 Å². The van der Waals surface area contributed by atoms with Crippen LogP contribution in [-0.2, 0) is 22.6 Å². The predicted octanol–water partition coefficient (Wildman–Crippen LogP) is 8.26. The molecule has 0 unspecified atom stereocenters. The summed E-state index contributed by atoms with van der Waals surface area (Å²) in [7, 11) is 0. The van der Waals surface area contributed by atoms with Gasteiger partial charge in [-0.25, -0.2) is 4.98 Å². The Morgan fingerprint density at radius 3 is 2.65 bits per heavy atom. The molecule has 5 rings (SSSR count). The lowest BCUT2D eigenvalue weighted by atomic mass is 9.79. The third-order valence-corrected chi connectivity index (χ3v) is 8.17. The lowest BCUT2D eigenvalue weighted by Gasteiger charge is -2.34. The van der Waals surface area contributed by atoms with Crippen LogP contribution in [0.25, 0.3) is 10.9 Å². The predicted molar refractivity (Wildman–Crippen MR) is 167 cm³/mol. The van der Waals surface area contributed by atoms with E-state index in [4.69, 9.17) is 14.5 Å². The molecule has 0 spiro atoms. The van der Waals surface area contributed by atoms with Crippen LogP contribution in [0.5, 0.6) is 5.75 Å². The van der Waals surface area contributed by atoms with Gasteiger partial charge in [-0.15, -0.1) is 24.8 Å². The molecule has 1 saturated heterocycles. The van der Waals surface area contributed by atoms with Crippen LogP contribution in [0.2, 0.25) is 0 Å². The van der Waals surface area contributed by atoms with Crippen LogP contribution in [0.3, 0.4) is 0 Å². The van der Waals surface area contributed by atoms with Gasteiger partial charge in [-0.05, 0) is 93.6 Å². The maximum atomic E-state index is 13.0. The van der Waals surface area contributed by atoms with Crippen molar-refractivity contribution >= 4 is 41.7 Å². The molecule has 5 nitrogen and oxygen atoms in total. The van der Waals surface area contributed by atoms with E-state index >= 15 is 0 Å². The molecule has 40 heavy (non-hydrogen) atoms. The van der Waals surface area contributed by atoms with Gasteiger partial charge in [0.05, 0.1) is 11.2 Å². The van der Waals surface area contributed by atoms with E-state index in [1.165, 1.54) is 37.9 Å². The fourth-order valence-electron chi connectivity index (χ4n) is 6.00. The number of halogens is 2. The second kappa shape index (κ2) is 16.2. The number of pyridine rings is 1. The quantitative estimate of drug-likeness (QED) is 0.212. The van der Waals surface area contributed by atoms with Crippen molar-refractivity contribution in [3.05, 3.63) is 71.4 Å². The number of benzene rings is 2. The summed E-state index contributed by atoms with van der Waals surface area (Å²) in [6, 6.07) is 18.6. The molecule has 1 fully saturated rings. The number of aryl methyl sites for hydroxylation is 1. The summed E-state index contributed by atoms with van der Waals surface area (Å²) in [5.74, 6) is 1.11. The second-order valence-corrected chi connectivity index (χ2v) is 11.0. The van der Waals surface area contributed by atoms with E-state index in [0.717, 1.165) is 73.0 Å². The minimum absolute atomic E-state index is 0. The Kier molecular flexibility index (Phi) is 13.0. The Bertz CT molecular complexity index is 1220. The first-order chi connectivity index (χ1) is 18.7. The van der Waals surface area contributed by atoms with E-state index in [9.17, 15) is 4.79 Å². The van der Waals surface area contributed by atoms with Gasteiger partial charge >= 0.3 is 5.97 Å². The lowest BCUT2D eigenvalue weighted by Crippen LogP contribution is -2.31. The standard InChI is InChI=1S/C33H42N2O3.2ClH/c1-2-3-10-27-15-14-25-17-19-29(37-24-28-18-16-26-11-5-6-12-31(26)34-28)23-30(25)33(27)38-32(36)13-9-22-35-20-7-4-8-21-35;;/h5-6,11-12,16-19,23,27,33H,2-4,7-10,13-15,20-22,24H2,1H3;2*1H/t27-,33+;;/m1../s1. The molecule has 0 saturated carbocycles. The van der Waals surface area contributed by atoms with Crippen LogP contribution < -0.4 is 4.74 Å². The minimum atomic E-state index is -0.185. The number of para-hydroxylation sites is 1. The summed E-state index contributed by atoms with van der Waals surface area (Å²) in [4.78, 5) is 20.2. The Hall–Kier alpha value is -2.34. The van der Waals surface area contributed by atoms with Gasteiger partial charge in [-0.2, -0.15) is 0 Å². The molecule has 0 N–H and O–H groups in total. The molecule has 7 heteroatoms. The monoisotopic (exact) mass is 586 g/mol. The number of esters is 1. The maximum absolute atomic E-state index is 13.0. The van der Waals surface area contributed by atoms with Crippen molar-refractivity contribution in [1.82, 2.24) is 9.88 Å². The molecule has 2 aromatic carbocycles. The zero-order chi connectivity index (χ0) is 26.2. The minimum Gasteiger partial charge on any atom is -0.487 e. The van der Waals surface area contributed by atoms with Gasteiger partial charge < -0.3 is 14.4 Å². The molecular formula is C33H44Cl2N2O3. The normalized spacial score (nSPS) is 18.7. The zero-order valence-electron chi connectivity index (χ0n) is 23.7. The number of rotatable bonds is 11. The van der Waals surface area contributed by atoms with Crippen LogP contribution in [0.1, 0.15) is 87.6 Å². The number of fused-ring (bicyclic) bond motifs is 2. The van der Waals surface area contributed by atoms with Crippen LogP contribution in [0.15, 0.2) is 54.6 Å². The fraction of sp³-hybridized carbons (Fsp3) is 0.515. The number of hydrogen-bond donors (Lipinski definition) is 0. The maximum Gasteiger partial charge on any atom is 0.306 e. The highest BCUT2D eigenvalue weighted by Gasteiger charge is 2.32. The Labute approximate surface area is 251 Å². The molecular weight excluding hydrogens is 543 g/mol. The number of carbonyl (C=O) groups excluding carboxylic acids is 1. The van der Waals surface area contributed by atoms with Gasteiger partial charge in [-0.3, -0.25) is 4.79 Å². The number of likely N-dealkylation sites (tertiary alicyclic amines) is 1. The molecule has 218 valence electrons. The van der Waals surface area contributed by atoms with E-state index in [2.05, 4.69) is 36.1 Å². The third-order valence-electron chi connectivity index (χ3n) is 8.17. The van der Waals surface area contributed by atoms with Crippen molar-refractivity contribution in [2.45, 2.75) is 83.8 Å². The number of unbranched alkanes of at least 4 members (excludes halogenated alkanes) is 1. The van der Waals surface area contributed by atoms with Crippen LogP contribution >= 0.6 is 24.8 Å². The van der Waals surface area contributed by atoms with Crippen LogP contribution in [-0.4, -0.2) is 35.5 Å². The number of ether oxygens (including phenoxy) is 2. The summed E-state index contributed by atoms with van der Waals surface area (Å²) in [5.41, 5.74) is 4.29. The van der Waals surface area contributed by atoms with E-state index in [1.54, 1.807) is 0 Å². The van der Waals surface area contributed by atoms with Gasteiger partial charge in [0.25, 0.3) is 0 Å². The molecule has 2 atom stereocenters. The van der Waals surface area contributed by atoms with Gasteiger partial charge in [0.1, 0.15) is 18.5 Å². The number of nitrogens with zero attached hydrogens (tertiary/aromatic N) is 2. The number of piperidine rings is 1. The molecule has 1 aliphatic heterocycles. The highest BCUT2D eigenvalue weighted by molar-refractivity contribution is 5.85. The first-order valence-electron chi connectivity index (χ1n) is 14.7. The number of carbonyl (C=O) groups is 1. The van der Waals surface area contributed by atoms with Crippen molar-refractivity contribution in [2.24, 2.45) is 5.92 Å². The highest BCUT2D eigenvalue weighted by atomic mass is 35.5. The van der Waals surface area contributed by atoms with Gasteiger partial charge in [-0.1, -0.05) is 56.5 Å². The largest absolute Gasteiger partial charge is 0.487 e. The highest BCUT2D eigenvalue weighted by Crippen LogP contribution is 2.41. The average Bonchev–Trinajstić information content (AvgIpc) is 2.96. The number of aromatic nitrogens is 1. The summed E-state index contributed by atoms with van der Waals surface area (Å²) >= 11 is 0. The van der Waals surface area contributed by atoms with Gasteiger partial charge in [0.2, 0.25) is 0 Å². The molecule has 2 aliphatic rings. The second-order valence-electron chi connectivity index (χ2n) is 11.0. The summed E-state index contributed by atoms with van der Waals surface area (Å²) in [6.45, 7) is 5.97. The van der Waals surface area contributed by atoms with Crippen molar-refractivity contribution in [3.63, 3.8) is 0 Å². The summed E-state index contributed by atoms with van der Waals surface area (Å²) < 4.78 is 12.5. The van der Waals surface area contributed by atoms with Crippen LogP contribution in [0, 0.1) is 5.92 Å². The van der Waals surface area contributed by atoms with Crippen molar-refractivity contribution in [3.8, 4) is 5.75 Å². The Morgan fingerprint density at radius 2 is 1.82 bits per heavy atom. The third kappa shape index (κ3) is 8.58. The van der Waals surface area contributed by atoms with Crippen LogP contribution in [0.4, 0.5) is 0 Å². The topological polar surface area (TPSA) is 51.7 Å². The average molecular weight is 588 g/mol. The van der Waals surface area contributed by atoms with Gasteiger partial charge in [0, 0.05) is 17.7 Å². The molecule has 0 amide bonds. The first kappa shape index (κ1) is 32.2. The molecule has 0 radical (unpaired) electrons. The van der Waals surface area contributed by atoms with Gasteiger partial charge in [0.15, 0.2) is 0 Å². The fourth-order valence-corrected chi connectivity index (χ4v) is 6.00. The smallest absolute Gasteiger partial charge is 0.306 e. The van der Waals surface area contributed by atoms with E-state index < -0.39 is 0 Å². The van der Waals surface area contributed by atoms with E-state index in [0.29, 0.717) is 18.9 Å². The van der Waals surface area contributed by atoms with Crippen molar-refractivity contribution in [2.75, 3.05) is 19.6 Å². The molecule has 0 bridgehead atoms. The first-order valence-corrected chi connectivity index (χ1v) is 14.7. The Morgan fingerprint density at radius 1 is 1.00 bits per heavy atom. The zero-order valence-corrected chi connectivity index (χ0v) is 25.3. The molecule has 1 aliphatic carbocycles. The molecule has 3 aromatic rings. The Balaban J connectivity index is 0.00000220. The lowest BCUT2D eigenvalue weighted by molar-refractivity contribution is -0.153. The number of hydrogen-bond acceptors (Lipinski definition) is 5. The van der Waals surface area contributed by atoms with E-state index in [-0.39, 0.29) is 36.9 Å². The summed E-state index contributed by atoms with van der Waals surface area (Å²) in [5, 5.41) is 1.13.